The van der Waals surface area contributed by atoms with E-state index in [1.165, 1.54) is 0 Å². The maximum atomic E-state index is 5.81. The fraction of sp³-hybridized carbons (Fsp3) is 0.308. The van der Waals surface area contributed by atoms with E-state index in [9.17, 15) is 0 Å². The van der Waals surface area contributed by atoms with Crippen LogP contribution in [0.1, 0.15) is 5.76 Å². The average Bonchev–Trinajstić information content (AvgIpc) is 2.76. The third-order valence-electron chi connectivity index (χ3n) is 2.84. The highest BCUT2D eigenvalue weighted by Gasteiger charge is 2.18. The van der Waals surface area contributed by atoms with Gasteiger partial charge in [-0.15, -0.1) is 0 Å². The van der Waals surface area contributed by atoms with Gasteiger partial charge < -0.3 is 24.5 Å². The number of rotatable bonds is 4. The first-order valence-corrected chi connectivity index (χ1v) is 5.64. The Morgan fingerprint density at radius 1 is 1.05 bits per heavy atom. The molecule has 6 heteroatoms. The summed E-state index contributed by atoms with van der Waals surface area (Å²) in [5.41, 5.74) is 7.33. The largest absolute Gasteiger partial charge is 0.493 e. The normalized spacial score (nSPS) is 10.3. The van der Waals surface area contributed by atoms with Gasteiger partial charge >= 0.3 is 0 Å². The number of methoxy groups -OCH3 is 3. The van der Waals surface area contributed by atoms with Crippen molar-refractivity contribution < 1.29 is 18.7 Å². The Balaban J connectivity index is 2.66. The Morgan fingerprint density at radius 3 is 2.00 bits per heavy atom. The van der Waals surface area contributed by atoms with Gasteiger partial charge in [0.05, 0.1) is 26.9 Å². The predicted octanol–water partition coefficient (Wildman–Crippen LogP) is 2.26. The maximum Gasteiger partial charge on any atom is 0.203 e. The van der Waals surface area contributed by atoms with E-state index < -0.39 is 0 Å². The number of hydrogen-bond donors (Lipinski definition) is 1. The van der Waals surface area contributed by atoms with Crippen LogP contribution in [0.5, 0.6) is 17.2 Å². The lowest BCUT2D eigenvalue weighted by molar-refractivity contribution is 0.324. The van der Waals surface area contributed by atoms with Crippen LogP contribution in [0.2, 0.25) is 0 Å². The summed E-state index contributed by atoms with van der Waals surface area (Å²) in [6.07, 6.45) is 0. The van der Waals surface area contributed by atoms with Crippen molar-refractivity contribution in [2.75, 3.05) is 27.1 Å². The number of benzene rings is 1. The molecule has 6 nitrogen and oxygen atoms in total. The monoisotopic (exact) mass is 264 g/mol. The van der Waals surface area contributed by atoms with Crippen molar-refractivity contribution in [3.8, 4) is 28.4 Å². The van der Waals surface area contributed by atoms with Crippen molar-refractivity contribution in [2.45, 2.75) is 6.92 Å². The molecule has 2 N–H and O–H groups in total. The molecular weight excluding hydrogens is 248 g/mol. The summed E-state index contributed by atoms with van der Waals surface area (Å²) in [6.45, 7) is 1.79. The molecule has 2 rings (SSSR count). The minimum Gasteiger partial charge on any atom is -0.493 e. The van der Waals surface area contributed by atoms with E-state index in [1.807, 2.05) is 0 Å². The second-order valence-electron chi connectivity index (χ2n) is 3.91. The summed E-state index contributed by atoms with van der Waals surface area (Å²) in [7, 11) is 4.68. The van der Waals surface area contributed by atoms with Crippen LogP contribution in [0.4, 0.5) is 5.82 Å². The van der Waals surface area contributed by atoms with E-state index in [0.29, 0.717) is 28.8 Å². The average molecular weight is 264 g/mol. The number of aryl methyl sites for hydroxylation is 1. The molecule has 0 amide bonds. The molecule has 0 aliphatic carbocycles. The quantitative estimate of drug-likeness (QED) is 0.912. The molecular formula is C13H16N2O4. The van der Waals surface area contributed by atoms with Gasteiger partial charge in [0, 0.05) is 0 Å². The SMILES string of the molecule is COc1cc(-c2c(N)noc2C)cc(OC)c1OC. The van der Waals surface area contributed by atoms with Gasteiger partial charge in [0.1, 0.15) is 5.76 Å². The Kier molecular flexibility index (Phi) is 3.50. The highest BCUT2D eigenvalue weighted by molar-refractivity contribution is 5.79. The summed E-state index contributed by atoms with van der Waals surface area (Å²) in [4.78, 5) is 0. The summed E-state index contributed by atoms with van der Waals surface area (Å²) in [6, 6.07) is 3.61. The van der Waals surface area contributed by atoms with Crippen LogP contribution >= 0.6 is 0 Å². The number of nitrogen functional groups attached to an aromatic ring is 1. The van der Waals surface area contributed by atoms with Crippen molar-refractivity contribution in [1.29, 1.82) is 0 Å². The van der Waals surface area contributed by atoms with Crippen molar-refractivity contribution in [3.05, 3.63) is 17.9 Å². The molecule has 2 aromatic rings. The molecule has 1 aromatic carbocycles. The number of hydrogen-bond acceptors (Lipinski definition) is 6. The molecule has 0 bridgehead atoms. The second-order valence-corrected chi connectivity index (χ2v) is 3.91. The van der Waals surface area contributed by atoms with Crippen LogP contribution in [0.15, 0.2) is 16.7 Å². The van der Waals surface area contributed by atoms with Gasteiger partial charge in [-0.1, -0.05) is 5.16 Å². The van der Waals surface area contributed by atoms with Crippen LogP contribution in [0, 0.1) is 6.92 Å². The van der Waals surface area contributed by atoms with Gasteiger partial charge in [-0.2, -0.15) is 0 Å². The van der Waals surface area contributed by atoms with E-state index in [0.717, 1.165) is 11.1 Å². The van der Waals surface area contributed by atoms with Gasteiger partial charge in [0.2, 0.25) is 5.75 Å². The molecule has 0 unspecified atom stereocenters. The third kappa shape index (κ3) is 2.16. The molecule has 19 heavy (non-hydrogen) atoms. The molecule has 0 radical (unpaired) electrons. The lowest BCUT2D eigenvalue weighted by Crippen LogP contribution is -1.96. The molecule has 1 heterocycles. The molecule has 0 saturated carbocycles. The fourth-order valence-corrected chi connectivity index (χ4v) is 1.97. The molecule has 1 aromatic heterocycles. The van der Waals surface area contributed by atoms with Crippen LogP contribution in [0.3, 0.4) is 0 Å². The number of aromatic nitrogens is 1. The van der Waals surface area contributed by atoms with Crippen molar-refractivity contribution in [1.82, 2.24) is 5.16 Å². The van der Waals surface area contributed by atoms with Gasteiger partial charge in [0.15, 0.2) is 17.3 Å². The Hall–Kier alpha value is -2.37. The second kappa shape index (κ2) is 5.09. The molecule has 0 aliphatic rings. The minimum absolute atomic E-state index is 0.326. The number of nitrogens with two attached hydrogens (primary N) is 1. The Morgan fingerprint density at radius 2 is 1.63 bits per heavy atom. The molecule has 0 aliphatic heterocycles. The smallest absolute Gasteiger partial charge is 0.203 e. The zero-order valence-electron chi connectivity index (χ0n) is 11.3. The van der Waals surface area contributed by atoms with Crippen molar-refractivity contribution in [3.63, 3.8) is 0 Å². The van der Waals surface area contributed by atoms with Crippen LogP contribution in [0.25, 0.3) is 11.1 Å². The minimum atomic E-state index is 0.326. The van der Waals surface area contributed by atoms with Gasteiger partial charge in [-0.05, 0) is 24.6 Å². The lowest BCUT2D eigenvalue weighted by Gasteiger charge is -2.13. The van der Waals surface area contributed by atoms with Crippen LogP contribution in [-0.2, 0) is 0 Å². The summed E-state index contributed by atoms with van der Waals surface area (Å²) in [5, 5.41) is 3.74. The lowest BCUT2D eigenvalue weighted by atomic mass is 10.0. The number of nitrogens with zero attached hydrogens (tertiary/aromatic N) is 1. The van der Waals surface area contributed by atoms with Gasteiger partial charge in [-0.25, -0.2) is 0 Å². The van der Waals surface area contributed by atoms with Crippen LogP contribution < -0.4 is 19.9 Å². The number of ether oxygens (including phenoxy) is 3. The summed E-state index contributed by atoms with van der Waals surface area (Å²) < 4.78 is 20.9. The van der Waals surface area contributed by atoms with Gasteiger partial charge in [-0.3, -0.25) is 0 Å². The molecule has 0 atom stereocenters. The Labute approximate surface area is 111 Å². The van der Waals surface area contributed by atoms with E-state index in [2.05, 4.69) is 5.16 Å². The van der Waals surface area contributed by atoms with E-state index in [1.54, 1.807) is 40.4 Å². The fourth-order valence-electron chi connectivity index (χ4n) is 1.97. The first-order chi connectivity index (χ1) is 9.12. The van der Waals surface area contributed by atoms with E-state index in [-0.39, 0.29) is 0 Å². The molecule has 0 spiro atoms. The maximum absolute atomic E-state index is 5.81. The highest BCUT2D eigenvalue weighted by Crippen LogP contribution is 2.42. The molecule has 0 fully saturated rings. The zero-order valence-corrected chi connectivity index (χ0v) is 11.3. The van der Waals surface area contributed by atoms with Gasteiger partial charge in [0.25, 0.3) is 0 Å². The Bertz CT molecular complexity index is 548. The standard InChI is InChI=1S/C13H16N2O4/c1-7-11(13(14)15-19-7)8-5-9(16-2)12(18-4)10(6-8)17-3/h5-6H,1-4H3,(H2,14,15). The zero-order chi connectivity index (χ0) is 14.0. The first-order valence-electron chi connectivity index (χ1n) is 5.64. The molecule has 0 saturated heterocycles. The third-order valence-corrected chi connectivity index (χ3v) is 2.84. The highest BCUT2D eigenvalue weighted by atomic mass is 16.5. The predicted molar refractivity (Wildman–Crippen MR) is 70.7 cm³/mol. The molecule has 102 valence electrons. The van der Waals surface area contributed by atoms with Crippen molar-refractivity contribution >= 4 is 5.82 Å². The first kappa shape index (κ1) is 13.1. The van der Waals surface area contributed by atoms with Crippen LogP contribution in [-0.4, -0.2) is 26.5 Å². The van der Waals surface area contributed by atoms with E-state index in [4.69, 9.17) is 24.5 Å². The topological polar surface area (TPSA) is 79.7 Å². The van der Waals surface area contributed by atoms with E-state index >= 15 is 0 Å². The summed E-state index contributed by atoms with van der Waals surface area (Å²) in [5.74, 6) is 2.59. The number of anilines is 1. The van der Waals surface area contributed by atoms with Crippen molar-refractivity contribution in [2.24, 2.45) is 0 Å². The summed E-state index contributed by atoms with van der Waals surface area (Å²) >= 11 is 0.